The number of benzene rings is 2. The summed E-state index contributed by atoms with van der Waals surface area (Å²) in [6, 6.07) is 9.77. The average molecular weight is 428 g/mol. The molecule has 1 aliphatic heterocycles. The van der Waals surface area contributed by atoms with Gasteiger partial charge in [0, 0.05) is 35.9 Å². The Morgan fingerprint density at radius 1 is 1.19 bits per heavy atom. The lowest BCUT2D eigenvalue weighted by molar-refractivity contribution is -0.117. The molecule has 0 saturated carbocycles. The Morgan fingerprint density at radius 2 is 2.06 bits per heavy atom. The molecule has 1 amide bonds. The third kappa shape index (κ3) is 3.69. The smallest absolute Gasteiger partial charge is 0.240 e. The number of nitrogens with two attached hydrogens (primary N) is 1. The van der Waals surface area contributed by atoms with Gasteiger partial charge in [0.1, 0.15) is 12.1 Å². The number of nitrogens with zero attached hydrogens (tertiary/aromatic N) is 4. The van der Waals surface area contributed by atoms with Crippen molar-refractivity contribution >= 4 is 28.3 Å². The molecule has 0 spiro atoms. The van der Waals surface area contributed by atoms with Gasteiger partial charge in [-0.05, 0) is 66.8 Å². The van der Waals surface area contributed by atoms with Crippen LogP contribution < -0.4 is 16.0 Å². The summed E-state index contributed by atoms with van der Waals surface area (Å²) >= 11 is 0. The Balaban J connectivity index is 1.51. The number of hydrogen-bond acceptors (Lipinski definition) is 6. The molecule has 32 heavy (non-hydrogen) atoms. The van der Waals surface area contributed by atoms with Gasteiger partial charge in [0.05, 0.1) is 17.8 Å². The Bertz CT molecular complexity index is 1300. The lowest BCUT2D eigenvalue weighted by Crippen LogP contribution is -2.33. The van der Waals surface area contributed by atoms with E-state index in [-0.39, 0.29) is 5.91 Å². The summed E-state index contributed by atoms with van der Waals surface area (Å²) in [5.74, 6) is 0.723. The van der Waals surface area contributed by atoms with E-state index in [1.165, 1.54) is 11.1 Å². The van der Waals surface area contributed by atoms with Crippen LogP contribution >= 0.6 is 0 Å². The van der Waals surface area contributed by atoms with Crippen molar-refractivity contribution in [1.82, 2.24) is 20.2 Å². The number of anilines is 2. The lowest BCUT2D eigenvalue weighted by Gasteiger charge is -2.31. The zero-order valence-corrected chi connectivity index (χ0v) is 18.1. The minimum atomic E-state index is -0.553. The number of aryl methyl sites for hydroxylation is 1. The van der Waals surface area contributed by atoms with Gasteiger partial charge in [-0.25, -0.2) is 9.97 Å². The van der Waals surface area contributed by atoms with Gasteiger partial charge in [0.25, 0.3) is 0 Å². The Kier molecular flexibility index (Phi) is 5.07. The molecule has 0 bridgehead atoms. The third-order valence-electron chi connectivity index (χ3n) is 5.94. The molecule has 4 aromatic rings. The molecule has 8 heteroatoms. The molecule has 1 aliphatic rings. The van der Waals surface area contributed by atoms with Gasteiger partial charge in [-0.15, -0.1) is 0 Å². The van der Waals surface area contributed by atoms with Gasteiger partial charge >= 0.3 is 0 Å². The van der Waals surface area contributed by atoms with Crippen molar-refractivity contribution in [1.29, 1.82) is 0 Å². The maximum atomic E-state index is 12.0. The van der Waals surface area contributed by atoms with Crippen LogP contribution in [-0.2, 0) is 17.8 Å². The highest BCUT2D eigenvalue weighted by Gasteiger charge is 2.21. The molecule has 0 saturated heterocycles. The molecule has 0 aliphatic carbocycles. The van der Waals surface area contributed by atoms with Gasteiger partial charge in [0.15, 0.2) is 0 Å². The number of fused-ring (bicyclic) bond motifs is 2. The van der Waals surface area contributed by atoms with Crippen LogP contribution in [-0.4, -0.2) is 38.7 Å². The maximum absolute atomic E-state index is 12.0. The van der Waals surface area contributed by atoms with E-state index < -0.39 is 6.04 Å². The van der Waals surface area contributed by atoms with Gasteiger partial charge in [-0.3, -0.25) is 9.89 Å². The average Bonchev–Trinajstić information content (AvgIpc) is 3.33. The molecule has 2 aromatic carbocycles. The largest absolute Gasteiger partial charge is 0.351 e. The molecular weight excluding hydrogens is 402 g/mol. The Morgan fingerprint density at radius 3 is 2.84 bits per heavy atom. The fraction of sp³-hybridized carbons (Fsp3) is 0.250. The second-order valence-corrected chi connectivity index (χ2v) is 8.31. The van der Waals surface area contributed by atoms with E-state index in [9.17, 15) is 4.79 Å². The molecule has 0 radical (unpaired) electrons. The number of rotatable bonds is 4. The number of carbonyl (C=O) groups excluding carboxylic acids is 1. The SMILES string of the molecule is Cc1cc(-c2cn[nH]c2)cc2c(N3CCc4ccc(NC(=O)[C@H](C)N)cc4C3)ncnc12. The molecule has 0 unspecified atom stereocenters. The van der Waals surface area contributed by atoms with Crippen LogP contribution in [0.4, 0.5) is 11.5 Å². The molecule has 8 nitrogen and oxygen atoms in total. The van der Waals surface area contributed by atoms with Crippen molar-refractivity contribution in [2.24, 2.45) is 5.73 Å². The van der Waals surface area contributed by atoms with E-state index >= 15 is 0 Å². The number of aromatic amines is 1. The Hall–Kier alpha value is -3.78. The van der Waals surface area contributed by atoms with E-state index in [1.807, 2.05) is 24.5 Å². The summed E-state index contributed by atoms with van der Waals surface area (Å²) in [6.07, 6.45) is 6.25. The third-order valence-corrected chi connectivity index (χ3v) is 5.94. The summed E-state index contributed by atoms with van der Waals surface area (Å²) in [4.78, 5) is 23.5. The first kappa shape index (κ1) is 20.1. The standard InChI is InChI=1S/C24H25N7O/c1-14-7-17(19-10-28-29-11-19)9-21-22(14)26-13-27-23(21)31-6-5-16-3-4-20(8-18(16)12-31)30-24(32)15(2)25/h3-4,7-11,13,15H,5-6,12,25H2,1-2H3,(H,28,29)(H,30,32)/t15-/m0/s1. The molecular formula is C24H25N7O. The van der Waals surface area contributed by atoms with Gasteiger partial charge in [-0.1, -0.05) is 6.07 Å². The lowest BCUT2D eigenvalue weighted by atomic mass is 9.98. The van der Waals surface area contributed by atoms with E-state index in [0.29, 0.717) is 6.54 Å². The van der Waals surface area contributed by atoms with Crippen LogP contribution in [0.1, 0.15) is 23.6 Å². The summed E-state index contributed by atoms with van der Waals surface area (Å²) < 4.78 is 0. The van der Waals surface area contributed by atoms with E-state index in [0.717, 1.165) is 52.1 Å². The predicted molar refractivity (Wildman–Crippen MR) is 125 cm³/mol. The fourth-order valence-electron chi connectivity index (χ4n) is 4.23. The molecule has 1 atom stereocenters. The summed E-state index contributed by atoms with van der Waals surface area (Å²) in [5.41, 5.74) is 13.1. The van der Waals surface area contributed by atoms with Gasteiger partial charge in [0.2, 0.25) is 5.91 Å². The van der Waals surface area contributed by atoms with E-state index in [2.05, 4.69) is 55.5 Å². The predicted octanol–water partition coefficient (Wildman–Crippen LogP) is 3.18. The molecule has 162 valence electrons. The second kappa shape index (κ2) is 8.05. The van der Waals surface area contributed by atoms with Crippen molar-refractivity contribution in [2.45, 2.75) is 32.9 Å². The Labute approximate surface area is 185 Å². The molecule has 4 N–H and O–H groups in total. The number of amides is 1. The number of H-pyrrole nitrogens is 1. The molecule has 3 heterocycles. The second-order valence-electron chi connectivity index (χ2n) is 8.31. The van der Waals surface area contributed by atoms with Crippen LogP contribution in [0.15, 0.2) is 49.1 Å². The first-order valence-corrected chi connectivity index (χ1v) is 10.7. The summed E-state index contributed by atoms with van der Waals surface area (Å²) in [5, 5.41) is 10.9. The number of nitrogens with one attached hydrogen (secondary N) is 2. The van der Waals surface area contributed by atoms with Crippen molar-refractivity contribution in [3.63, 3.8) is 0 Å². The van der Waals surface area contributed by atoms with E-state index in [4.69, 9.17) is 5.73 Å². The first-order valence-electron chi connectivity index (χ1n) is 10.7. The topological polar surface area (TPSA) is 113 Å². The highest BCUT2D eigenvalue weighted by molar-refractivity contribution is 5.95. The number of carbonyl (C=O) groups is 1. The summed E-state index contributed by atoms with van der Waals surface area (Å²) in [6.45, 7) is 5.31. The van der Waals surface area contributed by atoms with Crippen LogP contribution in [0.25, 0.3) is 22.0 Å². The normalized spacial score (nSPS) is 14.3. The van der Waals surface area contributed by atoms with E-state index in [1.54, 1.807) is 13.3 Å². The maximum Gasteiger partial charge on any atom is 0.240 e. The van der Waals surface area contributed by atoms with Crippen LogP contribution in [0, 0.1) is 6.92 Å². The van der Waals surface area contributed by atoms with Gasteiger partial charge in [-0.2, -0.15) is 5.10 Å². The minimum absolute atomic E-state index is 0.193. The van der Waals surface area contributed by atoms with Crippen LogP contribution in [0.5, 0.6) is 0 Å². The summed E-state index contributed by atoms with van der Waals surface area (Å²) in [7, 11) is 0. The van der Waals surface area contributed by atoms with Crippen LogP contribution in [0.2, 0.25) is 0 Å². The monoisotopic (exact) mass is 427 g/mol. The zero-order valence-electron chi connectivity index (χ0n) is 18.1. The van der Waals surface area contributed by atoms with Crippen LogP contribution in [0.3, 0.4) is 0 Å². The molecule has 2 aromatic heterocycles. The van der Waals surface area contributed by atoms with Crippen molar-refractivity contribution in [3.05, 3.63) is 65.7 Å². The number of hydrogen-bond donors (Lipinski definition) is 3. The quantitative estimate of drug-likeness (QED) is 0.461. The molecule has 5 rings (SSSR count). The molecule has 0 fully saturated rings. The number of aromatic nitrogens is 4. The van der Waals surface area contributed by atoms with Gasteiger partial charge < -0.3 is 16.0 Å². The highest BCUT2D eigenvalue weighted by atomic mass is 16.2. The van der Waals surface area contributed by atoms with Crippen molar-refractivity contribution in [2.75, 3.05) is 16.8 Å². The fourth-order valence-corrected chi connectivity index (χ4v) is 4.23. The highest BCUT2D eigenvalue weighted by Crippen LogP contribution is 2.33. The van der Waals surface area contributed by atoms with Crippen molar-refractivity contribution in [3.8, 4) is 11.1 Å². The first-order chi connectivity index (χ1) is 15.5. The zero-order chi connectivity index (χ0) is 22.2. The van der Waals surface area contributed by atoms with Crippen molar-refractivity contribution < 1.29 is 4.79 Å². The minimum Gasteiger partial charge on any atom is -0.351 e.